The van der Waals surface area contributed by atoms with Crippen molar-refractivity contribution in [1.29, 1.82) is 0 Å². The average molecular weight is 427 g/mol. The lowest BCUT2D eigenvalue weighted by atomic mass is 10.1. The Bertz CT molecular complexity index is 848. The fourth-order valence-corrected chi connectivity index (χ4v) is 3.87. The van der Waals surface area contributed by atoms with E-state index in [4.69, 9.17) is 14.2 Å². The quantitative estimate of drug-likeness (QED) is 0.468. The van der Waals surface area contributed by atoms with Crippen LogP contribution in [0.2, 0.25) is 0 Å². The van der Waals surface area contributed by atoms with Crippen LogP contribution in [-0.4, -0.2) is 58.4 Å². The molecule has 0 aromatic heterocycles. The Labute approximate surface area is 185 Å². The maximum Gasteiger partial charge on any atom is 0.195 e. The zero-order valence-corrected chi connectivity index (χ0v) is 19.0. The van der Waals surface area contributed by atoms with Crippen molar-refractivity contribution in [3.8, 4) is 17.2 Å². The van der Waals surface area contributed by atoms with E-state index in [0.29, 0.717) is 18.3 Å². The molecule has 1 saturated heterocycles. The number of nitrogens with zero attached hydrogens (tertiary/aromatic N) is 2. The predicted octanol–water partition coefficient (Wildman–Crippen LogP) is 3.93. The number of anilines is 1. The second kappa shape index (κ2) is 11.5. The van der Waals surface area contributed by atoms with Crippen LogP contribution in [0.4, 0.5) is 5.69 Å². The van der Waals surface area contributed by atoms with Gasteiger partial charge in [-0.05, 0) is 62.7 Å². The minimum Gasteiger partial charge on any atom is -0.497 e. The first kappa shape index (κ1) is 22.7. The smallest absolute Gasteiger partial charge is 0.195 e. The van der Waals surface area contributed by atoms with Gasteiger partial charge >= 0.3 is 0 Å². The third kappa shape index (κ3) is 6.04. The lowest BCUT2D eigenvalue weighted by Gasteiger charge is -2.29. The summed E-state index contributed by atoms with van der Waals surface area (Å²) in [5.74, 6) is 3.00. The number of methoxy groups -OCH3 is 2. The molecule has 0 amide bonds. The Kier molecular flexibility index (Phi) is 8.41. The normalized spacial score (nSPS) is 15.4. The summed E-state index contributed by atoms with van der Waals surface area (Å²) >= 11 is 0. The first-order valence-electron chi connectivity index (χ1n) is 10.8. The Morgan fingerprint density at radius 1 is 1.03 bits per heavy atom. The van der Waals surface area contributed by atoms with Crippen molar-refractivity contribution < 1.29 is 14.2 Å². The van der Waals surface area contributed by atoms with Gasteiger partial charge in [-0.15, -0.1) is 0 Å². The molecule has 2 N–H and O–H groups in total. The molecule has 0 aliphatic carbocycles. The summed E-state index contributed by atoms with van der Waals surface area (Å²) in [4.78, 5) is 6.93. The SMILES string of the molecule is CCOc1ccc(NC(=NC)NCC(c2ccc(OC)cc2)N2CCCC2)cc1OC. The van der Waals surface area contributed by atoms with Crippen LogP contribution in [0.25, 0.3) is 0 Å². The van der Waals surface area contributed by atoms with E-state index < -0.39 is 0 Å². The van der Waals surface area contributed by atoms with Crippen LogP contribution in [0.5, 0.6) is 17.2 Å². The first-order chi connectivity index (χ1) is 15.2. The maximum absolute atomic E-state index is 5.60. The number of aliphatic imine (C=N–C) groups is 1. The molecule has 168 valence electrons. The zero-order valence-electron chi connectivity index (χ0n) is 19.0. The van der Waals surface area contributed by atoms with E-state index in [0.717, 1.165) is 36.8 Å². The highest BCUT2D eigenvalue weighted by molar-refractivity contribution is 5.93. The van der Waals surface area contributed by atoms with Crippen molar-refractivity contribution >= 4 is 11.6 Å². The molecule has 1 aliphatic rings. The van der Waals surface area contributed by atoms with Gasteiger partial charge < -0.3 is 24.8 Å². The van der Waals surface area contributed by atoms with E-state index in [-0.39, 0.29) is 6.04 Å². The van der Waals surface area contributed by atoms with Gasteiger partial charge in [0.2, 0.25) is 0 Å². The van der Waals surface area contributed by atoms with Crippen LogP contribution in [0.1, 0.15) is 31.4 Å². The fourth-order valence-electron chi connectivity index (χ4n) is 3.87. The van der Waals surface area contributed by atoms with Crippen molar-refractivity contribution in [2.45, 2.75) is 25.8 Å². The lowest BCUT2D eigenvalue weighted by Crippen LogP contribution is -2.39. The predicted molar refractivity (Wildman–Crippen MR) is 126 cm³/mol. The highest BCUT2D eigenvalue weighted by Gasteiger charge is 2.23. The van der Waals surface area contributed by atoms with Gasteiger partial charge in [0, 0.05) is 25.3 Å². The van der Waals surface area contributed by atoms with E-state index in [1.807, 2.05) is 37.3 Å². The van der Waals surface area contributed by atoms with Crippen molar-refractivity contribution in [2.24, 2.45) is 4.99 Å². The number of rotatable bonds is 9. The number of guanidine groups is 1. The molecule has 1 aliphatic heterocycles. The molecule has 7 nitrogen and oxygen atoms in total. The van der Waals surface area contributed by atoms with E-state index in [1.165, 1.54) is 18.4 Å². The molecular formula is C24H34N4O3. The minimum atomic E-state index is 0.266. The largest absolute Gasteiger partial charge is 0.497 e. The summed E-state index contributed by atoms with van der Waals surface area (Å²) in [6.45, 7) is 5.52. The maximum atomic E-state index is 5.60. The molecule has 31 heavy (non-hydrogen) atoms. The Morgan fingerprint density at radius 2 is 1.77 bits per heavy atom. The molecule has 0 saturated carbocycles. The van der Waals surface area contributed by atoms with Gasteiger partial charge in [-0.3, -0.25) is 9.89 Å². The molecule has 1 fully saturated rings. The van der Waals surface area contributed by atoms with E-state index in [9.17, 15) is 0 Å². The number of likely N-dealkylation sites (tertiary alicyclic amines) is 1. The van der Waals surface area contributed by atoms with E-state index >= 15 is 0 Å². The van der Waals surface area contributed by atoms with Gasteiger partial charge in [0.05, 0.1) is 26.9 Å². The van der Waals surface area contributed by atoms with Crippen molar-refractivity contribution in [2.75, 3.05) is 52.8 Å². The van der Waals surface area contributed by atoms with Gasteiger partial charge in [0.15, 0.2) is 17.5 Å². The van der Waals surface area contributed by atoms with Crippen LogP contribution in [0, 0.1) is 0 Å². The molecule has 1 atom stereocenters. The number of hydrogen-bond donors (Lipinski definition) is 2. The molecule has 7 heteroatoms. The Balaban J connectivity index is 1.69. The van der Waals surface area contributed by atoms with Gasteiger partial charge in [-0.1, -0.05) is 12.1 Å². The number of ether oxygens (including phenoxy) is 3. The molecule has 3 rings (SSSR count). The molecule has 0 spiro atoms. The Morgan fingerprint density at radius 3 is 2.39 bits per heavy atom. The highest BCUT2D eigenvalue weighted by Crippen LogP contribution is 2.30. The number of hydrogen-bond acceptors (Lipinski definition) is 5. The average Bonchev–Trinajstić information content (AvgIpc) is 3.34. The van der Waals surface area contributed by atoms with E-state index in [2.05, 4.69) is 32.7 Å². The second-order valence-electron chi connectivity index (χ2n) is 7.41. The monoisotopic (exact) mass is 426 g/mol. The topological polar surface area (TPSA) is 67.3 Å². The van der Waals surface area contributed by atoms with Crippen LogP contribution < -0.4 is 24.8 Å². The minimum absolute atomic E-state index is 0.266. The van der Waals surface area contributed by atoms with Crippen molar-refractivity contribution in [3.05, 3.63) is 48.0 Å². The number of benzene rings is 2. The van der Waals surface area contributed by atoms with Crippen LogP contribution in [-0.2, 0) is 0 Å². The van der Waals surface area contributed by atoms with Gasteiger partial charge in [0.1, 0.15) is 5.75 Å². The van der Waals surface area contributed by atoms with Crippen LogP contribution in [0.15, 0.2) is 47.5 Å². The zero-order chi connectivity index (χ0) is 22.1. The second-order valence-corrected chi connectivity index (χ2v) is 7.41. The van der Waals surface area contributed by atoms with Gasteiger partial charge in [-0.25, -0.2) is 0 Å². The number of nitrogens with one attached hydrogen (secondary N) is 2. The molecule has 1 heterocycles. The van der Waals surface area contributed by atoms with E-state index in [1.54, 1.807) is 21.3 Å². The Hall–Kier alpha value is -2.93. The molecule has 0 bridgehead atoms. The van der Waals surface area contributed by atoms with Crippen LogP contribution >= 0.6 is 0 Å². The standard InChI is InChI=1S/C24H34N4O3/c1-5-31-22-13-10-19(16-23(22)30-4)27-24(25-2)26-17-21(28-14-6-7-15-28)18-8-11-20(29-3)12-9-18/h8-13,16,21H,5-7,14-15,17H2,1-4H3,(H2,25,26,27). The molecule has 1 unspecified atom stereocenters. The summed E-state index contributed by atoms with van der Waals surface area (Å²) in [5, 5.41) is 6.85. The summed E-state index contributed by atoms with van der Waals surface area (Å²) in [5.41, 5.74) is 2.16. The molecular weight excluding hydrogens is 392 g/mol. The first-order valence-corrected chi connectivity index (χ1v) is 10.8. The molecule has 0 radical (unpaired) electrons. The third-order valence-corrected chi connectivity index (χ3v) is 5.49. The summed E-state index contributed by atoms with van der Waals surface area (Å²) < 4.78 is 16.4. The summed E-state index contributed by atoms with van der Waals surface area (Å²) in [6.07, 6.45) is 2.48. The third-order valence-electron chi connectivity index (χ3n) is 5.49. The molecule has 2 aromatic rings. The fraction of sp³-hybridized carbons (Fsp3) is 0.458. The van der Waals surface area contributed by atoms with Crippen molar-refractivity contribution in [1.82, 2.24) is 10.2 Å². The van der Waals surface area contributed by atoms with Crippen molar-refractivity contribution in [3.63, 3.8) is 0 Å². The lowest BCUT2D eigenvalue weighted by molar-refractivity contribution is 0.245. The molecule has 2 aromatic carbocycles. The summed E-state index contributed by atoms with van der Waals surface area (Å²) in [6, 6.07) is 14.4. The van der Waals surface area contributed by atoms with Gasteiger partial charge in [-0.2, -0.15) is 0 Å². The van der Waals surface area contributed by atoms with Crippen LogP contribution in [0.3, 0.4) is 0 Å². The highest BCUT2D eigenvalue weighted by atomic mass is 16.5. The van der Waals surface area contributed by atoms with Gasteiger partial charge in [0.25, 0.3) is 0 Å². The summed E-state index contributed by atoms with van der Waals surface area (Å²) in [7, 11) is 5.11.